The van der Waals surface area contributed by atoms with Crippen molar-refractivity contribution in [3.05, 3.63) is 16.4 Å². The SMILES string of the molecule is CCOC(=O)N1CCC(Nc2ncnc(NCCN3CCOCC3)c2[N+](=O)[O-])CC1. The molecule has 0 aromatic carbocycles. The molecular formula is C18H29N7O5. The molecule has 12 heteroatoms. The van der Waals surface area contributed by atoms with Crippen LogP contribution in [0.15, 0.2) is 6.33 Å². The number of piperidine rings is 1. The number of carbonyl (C=O) groups excluding carboxylic acids is 1. The zero-order valence-electron chi connectivity index (χ0n) is 17.2. The van der Waals surface area contributed by atoms with Gasteiger partial charge in [-0.15, -0.1) is 0 Å². The molecule has 3 heterocycles. The Kier molecular flexibility index (Phi) is 7.97. The molecular weight excluding hydrogens is 394 g/mol. The minimum absolute atomic E-state index is 0.0227. The second kappa shape index (κ2) is 10.9. The van der Waals surface area contributed by atoms with E-state index in [0.29, 0.717) is 52.3 Å². The minimum atomic E-state index is -0.465. The maximum atomic E-state index is 11.8. The fourth-order valence-electron chi connectivity index (χ4n) is 3.56. The predicted octanol–water partition coefficient (Wildman–Crippen LogP) is 1.16. The van der Waals surface area contributed by atoms with E-state index >= 15 is 0 Å². The van der Waals surface area contributed by atoms with Gasteiger partial charge in [0, 0.05) is 45.3 Å². The molecule has 166 valence electrons. The Bertz CT molecular complexity index is 721. The van der Waals surface area contributed by atoms with Crippen LogP contribution in [0.3, 0.4) is 0 Å². The molecule has 2 aliphatic rings. The van der Waals surface area contributed by atoms with Crippen LogP contribution in [0.5, 0.6) is 0 Å². The highest BCUT2D eigenvalue weighted by molar-refractivity contribution is 5.70. The normalized spacial score (nSPS) is 18.1. The topological polar surface area (TPSA) is 135 Å². The van der Waals surface area contributed by atoms with E-state index < -0.39 is 4.92 Å². The fraction of sp³-hybridized carbons (Fsp3) is 0.722. The molecule has 0 atom stereocenters. The average molecular weight is 423 g/mol. The minimum Gasteiger partial charge on any atom is -0.450 e. The Labute approximate surface area is 175 Å². The molecule has 0 radical (unpaired) electrons. The van der Waals surface area contributed by atoms with Crippen LogP contribution >= 0.6 is 0 Å². The molecule has 0 unspecified atom stereocenters. The first kappa shape index (κ1) is 22.0. The lowest BCUT2D eigenvalue weighted by molar-refractivity contribution is -0.383. The quantitative estimate of drug-likeness (QED) is 0.463. The number of hydrogen-bond acceptors (Lipinski definition) is 10. The number of amides is 1. The molecule has 3 rings (SSSR count). The molecule has 0 bridgehead atoms. The Hall–Kier alpha value is -2.73. The van der Waals surface area contributed by atoms with Gasteiger partial charge in [-0.1, -0.05) is 0 Å². The first-order chi connectivity index (χ1) is 14.6. The molecule has 2 aliphatic heterocycles. The number of likely N-dealkylation sites (tertiary alicyclic amines) is 1. The van der Waals surface area contributed by atoms with Crippen molar-refractivity contribution in [3.8, 4) is 0 Å². The van der Waals surface area contributed by atoms with Crippen molar-refractivity contribution in [2.45, 2.75) is 25.8 Å². The summed E-state index contributed by atoms with van der Waals surface area (Å²) >= 11 is 0. The molecule has 1 aromatic heterocycles. The molecule has 30 heavy (non-hydrogen) atoms. The predicted molar refractivity (Wildman–Crippen MR) is 110 cm³/mol. The van der Waals surface area contributed by atoms with E-state index in [0.717, 1.165) is 19.6 Å². The van der Waals surface area contributed by atoms with Crippen LogP contribution in [0, 0.1) is 10.1 Å². The summed E-state index contributed by atoms with van der Waals surface area (Å²) in [5.41, 5.74) is -0.160. The number of hydrogen-bond donors (Lipinski definition) is 2. The second-order valence-electron chi connectivity index (χ2n) is 7.16. The molecule has 0 saturated carbocycles. The van der Waals surface area contributed by atoms with E-state index in [4.69, 9.17) is 9.47 Å². The number of nitro groups is 1. The van der Waals surface area contributed by atoms with E-state index in [1.807, 2.05) is 0 Å². The zero-order valence-corrected chi connectivity index (χ0v) is 17.2. The van der Waals surface area contributed by atoms with Gasteiger partial charge in [0.2, 0.25) is 11.6 Å². The summed E-state index contributed by atoms with van der Waals surface area (Å²) in [4.78, 5) is 35.1. The van der Waals surface area contributed by atoms with Crippen LogP contribution < -0.4 is 10.6 Å². The van der Waals surface area contributed by atoms with Crippen LogP contribution in [0.1, 0.15) is 19.8 Å². The molecule has 1 aromatic rings. The molecule has 2 N–H and O–H groups in total. The standard InChI is InChI=1S/C18H29N7O5/c1-2-30-18(26)24-6-3-14(4-7-24)22-17-15(25(27)28)16(20-13-21-17)19-5-8-23-9-11-29-12-10-23/h13-14H,2-12H2,1H3,(H2,19,20,21,22). The first-order valence-electron chi connectivity index (χ1n) is 10.3. The number of aromatic nitrogens is 2. The van der Waals surface area contributed by atoms with Gasteiger partial charge in [-0.3, -0.25) is 15.0 Å². The van der Waals surface area contributed by atoms with E-state index in [1.165, 1.54) is 6.33 Å². The summed E-state index contributed by atoms with van der Waals surface area (Å²) in [6.45, 7) is 7.57. The maximum Gasteiger partial charge on any atom is 0.409 e. The lowest BCUT2D eigenvalue weighted by Gasteiger charge is -2.31. The third-order valence-electron chi connectivity index (χ3n) is 5.19. The molecule has 0 aliphatic carbocycles. The monoisotopic (exact) mass is 423 g/mol. The van der Waals surface area contributed by atoms with Crippen molar-refractivity contribution in [1.29, 1.82) is 0 Å². The Morgan fingerprint density at radius 3 is 2.63 bits per heavy atom. The van der Waals surface area contributed by atoms with Gasteiger partial charge in [0.15, 0.2) is 0 Å². The number of carbonyl (C=O) groups is 1. The fourth-order valence-corrected chi connectivity index (χ4v) is 3.56. The van der Waals surface area contributed by atoms with E-state index in [-0.39, 0.29) is 29.5 Å². The van der Waals surface area contributed by atoms with Gasteiger partial charge in [-0.25, -0.2) is 14.8 Å². The third-order valence-corrected chi connectivity index (χ3v) is 5.19. The van der Waals surface area contributed by atoms with Crippen molar-refractivity contribution in [3.63, 3.8) is 0 Å². The number of rotatable bonds is 8. The van der Waals surface area contributed by atoms with Gasteiger partial charge < -0.3 is 25.0 Å². The van der Waals surface area contributed by atoms with Gasteiger partial charge in [0.1, 0.15) is 6.33 Å². The Morgan fingerprint density at radius 1 is 1.27 bits per heavy atom. The van der Waals surface area contributed by atoms with Gasteiger partial charge >= 0.3 is 11.8 Å². The summed E-state index contributed by atoms with van der Waals surface area (Å²) < 4.78 is 10.3. The summed E-state index contributed by atoms with van der Waals surface area (Å²) in [7, 11) is 0. The number of anilines is 2. The van der Waals surface area contributed by atoms with E-state index in [2.05, 4.69) is 25.5 Å². The van der Waals surface area contributed by atoms with Crippen LogP contribution in [0.4, 0.5) is 22.1 Å². The molecule has 2 saturated heterocycles. The van der Waals surface area contributed by atoms with Crippen LogP contribution in [-0.2, 0) is 9.47 Å². The first-order valence-corrected chi connectivity index (χ1v) is 10.3. The molecule has 12 nitrogen and oxygen atoms in total. The van der Waals surface area contributed by atoms with Crippen LogP contribution in [-0.4, -0.2) is 95.9 Å². The highest BCUT2D eigenvalue weighted by atomic mass is 16.6. The van der Waals surface area contributed by atoms with Crippen molar-refractivity contribution >= 4 is 23.4 Å². The molecule has 2 fully saturated rings. The average Bonchev–Trinajstić information content (AvgIpc) is 2.75. The number of nitrogens with zero attached hydrogens (tertiary/aromatic N) is 5. The van der Waals surface area contributed by atoms with Gasteiger partial charge in [0.05, 0.1) is 24.7 Å². The lowest BCUT2D eigenvalue weighted by atomic mass is 10.1. The third kappa shape index (κ3) is 5.89. The Balaban J connectivity index is 1.57. The summed E-state index contributed by atoms with van der Waals surface area (Å²) in [6.07, 6.45) is 2.30. The van der Waals surface area contributed by atoms with Gasteiger partial charge in [0.25, 0.3) is 0 Å². The number of morpholine rings is 1. The summed E-state index contributed by atoms with van der Waals surface area (Å²) in [5, 5.41) is 17.9. The zero-order chi connectivity index (χ0) is 21.3. The van der Waals surface area contributed by atoms with Crippen LogP contribution in [0.25, 0.3) is 0 Å². The largest absolute Gasteiger partial charge is 0.450 e. The van der Waals surface area contributed by atoms with Gasteiger partial charge in [-0.2, -0.15) is 0 Å². The molecule has 1 amide bonds. The van der Waals surface area contributed by atoms with Crippen molar-refractivity contribution in [1.82, 2.24) is 19.8 Å². The van der Waals surface area contributed by atoms with Crippen LogP contribution in [0.2, 0.25) is 0 Å². The molecule has 0 spiro atoms. The van der Waals surface area contributed by atoms with E-state index in [9.17, 15) is 14.9 Å². The smallest absolute Gasteiger partial charge is 0.409 e. The van der Waals surface area contributed by atoms with Crippen molar-refractivity contribution < 1.29 is 19.2 Å². The second-order valence-corrected chi connectivity index (χ2v) is 7.16. The maximum absolute atomic E-state index is 11.8. The highest BCUT2D eigenvalue weighted by Crippen LogP contribution is 2.30. The number of nitrogens with one attached hydrogen (secondary N) is 2. The Morgan fingerprint density at radius 2 is 1.97 bits per heavy atom. The van der Waals surface area contributed by atoms with E-state index in [1.54, 1.807) is 11.8 Å². The highest BCUT2D eigenvalue weighted by Gasteiger charge is 2.28. The lowest BCUT2D eigenvalue weighted by Crippen LogP contribution is -2.42. The summed E-state index contributed by atoms with van der Waals surface area (Å²) in [6, 6.07) is -0.0227. The summed E-state index contributed by atoms with van der Waals surface area (Å²) in [5.74, 6) is 0.396. The number of ether oxygens (including phenoxy) is 2. The van der Waals surface area contributed by atoms with Gasteiger partial charge in [-0.05, 0) is 19.8 Å². The van der Waals surface area contributed by atoms with Crippen molar-refractivity contribution in [2.75, 3.05) is 69.7 Å². The van der Waals surface area contributed by atoms with Crippen molar-refractivity contribution in [2.24, 2.45) is 0 Å².